The molecule has 0 radical (unpaired) electrons. The lowest BCUT2D eigenvalue weighted by molar-refractivity contribution is 0.238. The van der Waals surface area contributed by atoms with Crippen molar-refractivity contribution in [2.45, 2.75) is 19.3 Å². The summed E-state index contributed by atoms with van der Waals surface area (Å²) in [5.41, 5.74) is 4.49. The van der Waals surface area contributed by atoms with Gasteiger partial charge in [0.1, 0.15) is 12.4 Å². The number of ether oxygens (including phenoxy) is 1. The summed E-state index contributed by atoms with van der Waals surface area (Å²) in [4.78, 5) is 3.78. The van der Waals surface area contributed by atoms with E-state index in [4.69, 9.17) is 10.00 Å². The third kappa shape index (κ3) is 4.55. The maximum atomic E-state index is 9.09. The molecule has 4 heteroatoms. The molecule has 4 aromatic rings. The fourth-order valence-corrected chi connectivity index (χ4v) is 5.64. The first-order valence-electron chi connectivity index (χ1n) is 11.3. The standard InChI is InChI=1S/C28H26N2OS/c29-20-22-9-7-21(8-10-22)19-26-25-5-1-2-6-27(25)32-28(26)23-11-13-24(14-12-23)31-18-17-30-15-3-4-16-30/h1-2,5-14H,3-4,15-19H2. The monoisotopic (exact) mass is 438 g/mol. The number of nitriles is 1. The number of fused-ring (bicyclic) bond motifs is 1. The maximum absolute atomic E-state index is 9.09. The van der Waals surface area contributed by atoms with Crippen LogP contribution in [0.1, 0.15) is 29.5 Å². The molecule has 0 aliphatic carbocycles. The van der Waals surface area contributed by atoms with E-state index < -0.39 is 0 Å². The Morgan fingerprint density at radius 3 is 2.41 bits per heavy atom. The van der Waals surface area contributed by atoms with Crippen LogP contribution in [0.2, 0.25) is 0 Å². The van der Waals surface area contributed by atoms with Gasteiger partial charge in [0.05, 0.1) is 11.6 Å². The predicted molar refractivity (Wildman–Crippen MR) is 132 cm³/mol. The Morgan fingerprint density at radius 2 is 1.66 bits per heavy atom. The first kappa shape index (κ1) is 20.8. The Hall–Kier alpha value is -3.13. The Bertz CT molecular complexity index is 1230. The van der Waals surface area contributed by atoms with Crippen molar-refractivity contribution in [3.05, 3.63) is 89.5 Å². The lowest BCUT2D eigenvalue weighted by Crippen LogP contribution is -2.25. The van der Waals surface area contributed by atoms with E-state index in [2.05, 4.69) is 71.6 Å². The molecule has 1 aliphatic rings. The molecule has 5 rings (SSSR count). The highest BCUT2D eigenvalue weighted by Gasteiger charge is 2.15. The van der Waals surface area contributed by atoms with Gasteiger partial charge in [0.2, 0.25) is 0 Å². The number of likely N-dealkylation sites (tertiary alicyclic amines) is 1. The van der Waals surface area contributed by atoms with Crippen LogP contribution < -0.4 is 4.74 Å². The molecule has 32 heavy (non-hydrogen) atoms. The van der Waals surface area contributed by atoms with Gasteiger partial charge in [0.15, 0.2) is 0 Å². The van der Waals surface area contributed by atoms with Gasteiger partial charge < -0.3 is 4.74 Å². The zero-order valence-electron chi connectivity index (χ0n) is 18.1. The van der Waals surface area contributed by atoms with Crippen LogP contribution in [0.4, 0.5) is 0 Å². The van der Waals surface area contributed by atoms with Gasteiger partial charge in [-0.3, -0.25) is 4.90 Å². The third-order valence-electron chi connectivity index (χ3n) is 6.15. The van der Waals surface area contributed by atoms with Crippen molar-refractivity contribution in [3.63, 3.8) is 0 Å². The van der Waals surface area contributed by atoms with Crippen LogP contribution in [-0.4, -0.2) is 31.1 Å². The first-order chi connectivity index (χ1) is 15.8. The van der Waals surface area contributed by atoms with Crippen LogP contribution in [0.3, 0.4) is 0 Å². The summed E-state index contributed by atoms with van der Waals surface area (Å²) in [7, 11) is 0. The van der Waals surface area contributed by atoms with Crippen LogP contribution in [0.15, 0.2) is 72.8 Å². The summed E-state index contributed by atoms with van der Waals surface area (Å²) in [6, 6.07) is 27.3. The molecule has 160 valence electrons. The average molecular weight is 439 g/mol. The summed E-state index contributed by atoms with van der Waals surface area (Å²) in [5, 5.41) is 10.4. The molecular formula is C28H26N2OS. The quantitative estimate of drug-likeness (QED) is 0.330. The Labute approximate surface area is 193 Å². The highest BCUT2D eigenvalue weighted by Crippen LogP contribution is 2.40. The first-order valence-corrected chi connectivity index (χ1v) is 12.1. The number of hydrogen-bond donors (Lipinski definition) is 0. The molecular weight excluding hydrogens is 412 g/mol. The van der Waals surface area contributed by atoms with Gasteiger partial charge in [-0.25, -0.2) is 0 Å². The van der Waals surface area contributed by atoms with Gasteiger partial charge in [0.25, 0.3) is 0 Å². The highest BCUT2D eigenvalue weighted by molar-refractivity contribution is 7.22. The van der Waals surface area contributed by atoms with Crippen molar-refractivity contribution in [2.75, 3.05) is 26.2 Å². The molecule has 0 atom stereocenters. The molecule has 1 fully saturated rings. The SMILES string of the molecule is N#Cc1ccc(Cc2c(-c3ccc(OCCN4CCCC4)cc3)sc3ccccc23)cc1. The summed E-state index contributed by atoms with van der Waals surface area (Å²) in [6.07, 6.45) is 3.47. The van der Waals surface area contributed by atoms with Crippen molar-refractivity contribution >= 4 is 21.4 Å². The lowest BCUT2D eigenvalue weighted by Gasteiger charge is -2.15. The fraction of sp³-hybridized carbons (Fsp3) is 0.250. The van der Waals surface area contributed by atoms with Crippen LogP contribution in [0.5, 0.6) is 5.75 Å². The third-order valence-corrected chi connectivity index (χ3v) is 7.42. The average Bonchev–Trinajstić information content (AvgIpc) is 3.49. The van der Waals surface area contributed by atoms with Gasteiger partial charge >= 0.3 is 0 Å². The minimum absolute atomic E-state index is 0.699. The summed E-state index contributed by atoms with van der Waals surface area (Å²) < 4.78 is 7.30. The second-order valence-corrected chi connectivity index (χ2v) is 9.37. The van der Waals surface area contributed by atoms with Crippen LogP contribution in [-0.2, 0) is 6.42 Å². The number of benzene rings is 3. The molecule has 0 saturated carbocycles. The van der Waals surface area contributed by atoms with E-state index in [9.17, 15) is 0 Å². The van der Waals surface area contributed by atoms with Crippen molar-refractivity contribution < 1.29 is 4.74 Å². The van der Waals surface area contributed by atoms with Crippen molar-refractivity contribution in [1.82, 2.24) is 4.90 Å². The minimum atomic E-state index is 0.699. The van der Waals surface area contributed by atoms with E-state index in [1.165, 1.54) is 57.6 Å². The number of rotatable bonds is 7. The molecule has 1 saturated heterocycles. The Kier molecular flexibility index (Phi) is 6.20. The van der Waals surface area contributed by atoms with Gasteiger partial charge in [-0.05, 0) is 96.9 Å². The zero-order valence-corrected chi connectivity index (χ0v) is 18.9. The van der Waals surface area contributed by atoms with Gasteiger partial charge in [-0.1, -0.05) is 30.3 Å². The molecule has 1 aliphatic heterocycles. The molecule has 1 aromatic heterocycles. The summed E-state index contributed by atoms with van der Waals surface area (Å²) in [6.45, 7) is 4.16. The molecule has 0 bridgehead atoms. The minimum Gasteiger partial charge on any atom is -0.492 e. The maximum Gasteiger partial charge on any atom is 0.119 e. The van der Waals surface area contributed by atoms with Crippen molar-refractivity contribution in [3.8, 4) is 22.3 Å². The van der Waals surface area contributed by atoms with E-state index >= 15 is 0 Å². The lowest BCUT2D eigenvalue weighted by atomic mass is 9.98. The number of nitrogens with zero attached hydrogens (tertiary/aromatic N) is 2. The topological polar surface area (TPSA) is 36.3 Å². The number of thiophene rings is 1. The Balaban J connectivity index is 1.38. The second kappa shape index (κ2) is 9.56. The smallest absolute Gasteiger partial charge is 0.119 e. The molecule has 3 nitrogen and oxygen atoms in total. The molecule has 0 spiro atoms. The van der Waals surface area contributed by atoms with Crippen LogP contribution in [0.25, 0.3) is 20.5 Å². The number of hydrogen-bond acceptors (Lipinski definition) is 4. The molecule has 3 aromatic carbocycles. The van der Waals surface area contributed by atoms with E-state index in [1.54, 1.807) is 0 Å². The van der Waals surface area contributed by atoms with Crippen molar-refractivity contribution in [1.29, 1.82) is 5.26 Å². The molecule has 0 unspecified atom stereocenters. The molecule has 0 N–H and O–H groups in total. The van der Waals surface area contributed by atoms with E-state index in [0.29, 0.717) is 5.56 Å². The normalized spacial score (nSPS) is 14.0. The van der Waals surface area contributed by atoms with E-state index in [1.807, 2.05) is 23.5 Å². The summed E-state index contributed by atoms with van der Waals surface area (Å²) >= 11 is 1.84. The summed E-state index contributed by atoms with van der Waals surface area (Å²) in [5.74, 6) is 0.933. The zero-order chi connectivity index (χ0) is 21.8. The van der Waals surface area contributed by atoms with Crippen LogP contribution in [0, 0.1) is 11.3 Å². The van der Waals surface area contributed by atoms with Crippen molar-refractivity contribution in [2.24, 2.45) is 0 Å². The van der Waals surface area contributed by atoms with Crippen LogP contribution >= 0.6 is 11.3 Å². The largest absolute Gasteiger partial charge is 0.492 e. The predicted octanol–water partition coefficient (Wildman–Crippen LogP) is 6.51. The fourth-order valence-electron chi connectivity index (χ4n) is 4.41. The van der Waals surface area contributed by atoms with Gasteiger partial charge in [-0.2, -0.15) is 5.26 Å². The van der Waals surface area contributed by atoms with Gasteiger partial charge in [0, 0.05) is 16.1 Å². The molecule has 0 amide bonds. The van der Waals surface area contributed by atoms with Gasteiger partial charge in [-0.15, -0.1) is 11.3 Å². The highest BCUT2D eigenvalue weighted by atomic mass is 32.1. The molecule has 2 heterocycles. The second-order valence-electron chi connectivity index (χ2n) is 8.31. The Morgan fingerprint density at radius 1 is 0.906 bits per heavy atom. The van der Waals surface area contributed by atoms with E-state index in [-0.39, 0.29) is 0 Å². The van der Waals surface area contributed by atoms with E-state index in [0.717, 1.165) is 25.3 Å².